The summed E-state index contributed by atoms with van der Waals surface area (Å²) in [5.41, 5.74) is 0.791. The number of alkyl halides is 3. The molecule has 7 heteroatoms. The van der Waals surface area contributed by atoms with Crippen molar-refractivity contribution in [1.82, 2.24) is 10.2 Å². The van der Waals surface area contributed by atoms with Crippen LogP contribution in [0.3, 0.4) is 0 Å². The van der Waals surface area contributed by atoms with E-state index >= 15 is 0 Å². The molecule has 0 radical (unpaired) electrons. The van der Waals surface area contributed by atoms with Crippen LogP contribution in [0.1, 0.15) is 38.8 Å². The molecule has 0 aromatic heterocycles. The highest BCUT2D eigenvalue weighted by atomic mass is 19.4. The molecular weight excluding hydrogens is 321 g/mol. The summed E-state index contributed by atoms with van der Waals surface area (Å²) in [7, 11) is 1.74. The summed E-state index contributed by atoms with van der Waals surface area (Å²) in [4.78, 5) is 13.8. The van der Waals surface area contributed by atoms with E-state index in [9.17, 15) is 18.0 Å². The van der Waals surface area contributed by atoms with E-state index in [2.05, 4.69) is 23.9 Å². The van der Waals surface area contributed by atoms with Crippen molar-refractivity contribution in [3.05, 3.63) is 29.8 Å². The Morgan fingerprint density at radius 1 is 1.25 bits per heavy atom. The predicted molar refractivity (Wildman–Crippen MR) is 87.0 cm³/mol. The van der Waals surface area contributed by atoms with Crippen molar-refractivity contribution in [2.75, 3.05) is 20.2 Å². The van der Waals surface area contributed by atoms with E-state index in [4.69, 9.17) is 0 Å². The van der Waals surface area contributed by atoms with Gasteiger partial charge in [0.1, 0.15) is 5.75 Å². The van der Waals surface area contributed by atoms with Crippen LogP contribution in [0.5, 0.6) is 5.75 Å². The van der Waals surface area contributed by atoms with Crippen molar-refractivity contribution >= 4 is 6.03 Å². The summed E-state index contributed by atoms with van der Waals surface area (Å²) in [6.45, 7) is 5.31. The molecule has 0 saturated heterocycles. The van der Waals surface area contributed by atoms with Gasteiger partial charge in [0, 0.05) is 13.6 Å². The highest BCUT2D eigenvalue weighted by molar-refractivity contribution is 5.74. The maximum atomic E-state index is 12.1. The molecule has 1 aromatic carbocycles. The zero-order chi connectivity index (χ0) is 18.3. The van der Waals surface area contributed by atoms with E-state index in [-0.39, 0.29) is 17.8 Å². The lowest BCUT2D eigenvalue weighted by molar-refractivity contribution is -0.153. The highest BCUT2D eigenvalue weighted by Gasteiger charge is 2.28. The van der Waals surface area contributed by atoms with Crippen LogP contribution in [-0.4, -0.2) is 37.3 Å². The third-order valence-corrected chi connectivity index (χ3v) is 3.75. The lowest BCUT2D eigenvalue weighted by Gasteiger charge is -2.24. The van der Waals surface area contributed by atoms with Gasteiger partial charge in [-0.25, -0.2) is 4.79 Å². The van der Waals surface area contributed by atoms with Gasteiger partial charge >= 0.3 is 12.2 Å². The van der Waals surface area contributed by atoms with Gasteiger partial charge in [-0.2, -0.15) is 13.2 Å². The maximum absolute atomic E-state index is 12.1. The number of carbonyl (C=O) groups excluding carboxylic acids is 1. The Hall–Kier alpha value is -1.92. The van der Waals surface area contributed by atoms with E-state index in [0.29, 0.717) is 12.5 Å². The van der Waals surface area contributed by atoms with Crippen molar-refractivity contribution in [2.24, 2.45) is 5.92 Å². The molecule has 2 atom stereocenters. The number of benzene rings is 1. The van der Waals surface area contributed by atoms with Crippen molar-refractivity contribution in [1.29, 1.82) is 0 Å². The number of hydrogen-bond acceptors (Lipinski definition) is 2. The molecule has 0 bridgehead atoms. The van der Waals surface area contributed by atoms with Crippen LogP contribution in [0.25, 0.3) is 0 Å². The molecule has 1 N–H and O–H groups in total. The second-order valence-electron chi connectivity index (χ2n) is 6.04. The molecule has 2 amide bonds. The number of nitrogens with one attached hydrogen (secondary N) is 1. The Morgan fingerprint density at radius 3 is 2.33 bits per heavy atom. The highest BCUT2D eigenvalue weighted by Crippen LogP contribution is 2.21. The number of nitrogens with zero attached hydrogens (tertiary/aromatic N) is 1. The number of ether oxygens (including phenoxy) is 1. The van der Waals surface area contributed by atoms with E-state index < -0.39 is 12.8 Å². The summed E-state index contributed by atoms with van der Waals surface area (Å²) in [5, 5.41) is 2.87. The molecule has 0 heterocycles. The summed E-state index contributed by atoms with van der Waals surface area (Å²) in [5.74, 6) is 0.560. The lowest BCUT2D eigenvalue weighted by Crippen LogP contribution is -2.40. The van der Waals surface area contributed by atoms with E-state index in [1.165, 1.54) is 12.1 Å². The molecule has 0 saturated carbocycles. The minimum absolute atomic E-state index is 0.142. The molecule has 2 unspecified atom stereocenters. The summed E-state index contributed by atoms with van der Waals surface area (Å²) in [6, 6.07) is 5.78. The average Bonchev–Trinajstić information content (AvgIpc) is 2.52. The SMILES string of the molecule is CCC(C)CN(C)C(=O)NC(C)c1ccc(OCC(F)(F)F)cc1. The van der Waals surface area contributed by atoms with Gasteiger partial charge in [0.2, 0.25) is 0 Å². The molecule has 0 spiro atoms. The van der Waals surface area contributed by atoms with Crippen LogP contribution in [-0.2, 0) is 0 Å². The molecule has 4 nitrogen and oxygen atoms in total. The molecule has 136 valence electrons. The lowest BCUT2D eigenvalue weighted by atomic mass is 10.1. The maximum Gasteiger partial charge on any atom is 0.422 e. The van der Waals surface area contributed by atoms with Crippen LogP contribution in [0, 0.1) is 5.92 Å². The zero-order valence-corrected chi connectivity index (χ0v) is 14.5. The number of hydrogen-bond donors (Lipinski definition) is 1. The number of rotatable bonds is 7. The predicted octanol–water partition coefficient (Wildman–Crippen LogP) is 4.38. The van der Waals surface area contributed by atoms with E-state index in [0.717, 1.165) is 12.0 Å². The molecule has 0 aliphatic carbocycles. The van der Waals surface area contributed by atoms with Crippen molar-refractivity contribution in [3.8, 4) is 5.75 Å². The molecule has 1 rings (SSSR count). The molecule has 1 aromatic rings. The smallest absolute Gasteiger partial charge is 0.422 e. The third-order valence-electron chi connectivity index (χ3n) is 3.75. The molecule has 0 aliphatic heterocycles. The van der Waals surface area contributed by atoms with E-state index in [1.807, 2.05) is 6.92 Å². The van der Waals surface area contributed by atoms with Crippen LogP contribution in [0.15, 0.2) is 24.3 Å². The Labute approximate surface area is 141 Å². The number of urea groups is 1. The van der Waals surface area contributed by atoms with Gasteiger partial charge in [-0.05, 0) is 30.5 Å². The fraction of sp³-hybridized carbons (Fsp3) is 0.588. The second-order valence-corrected chi connectivity index (χ2v) is 6.04. The minimum Gasteiger partial charge on any atom is -0.484 e. The van der Waals surface area contributed by atoms with Crippen LogP contribution < -0.4 is 10.1 Å². The standard InChI is InChI=1S/C17H25F3N2O2/c1-5-12(2)10-22(4)16(23)21-13(3)14-6-8-15(9-7-14)24-11-17(18,19)20/h6-9,12-13H,5,10-11H2,1-4H3,(H,21,23). The zero-order valence-electron chi connectivity index (χ0n) is 14.5. The number of carbonyl (C=O) groups is 1. The molecule has 0 aliphatic rings. The first-order valence-electron chi connectivity index (χ1n) is 7.93. The minimum atomic E-state index is -4.36. The van der Waals surface area contributed by atoms with Crippen molar-refractivity contribution in [2.45, 2.75) is 39.4 Å². The summed E-state index contributed by atoms with van der Waals surface area (Å²) < 4.78 is 41.0. The van der Waals surface area contributed by atoms with Crippen LogP contribution in [0.2, 0.25) is 0 Å². The Bertz CT molecular complexity index is 518. The Morgan fingerprint density at radius 2 is 1.83 bits per heavy atom. The van der Waals surface area contributed by atoms with Gasteiger partial charge in [-0.1, -0.05) is 32.4 Å². The monoisotopic (exact) mass is 346 g/mol. The quantitative estimate of drug-likeness (QED) is 0.796. The topological polar surface area (TPSA) is 41.6 Å². The largest absolute Gasteiger partial charge is 0.484 e. The van der Waals surface area contributed by atoms with Gasteiger partial charge in [0.25, 0.3) is 0 Å². The van der Waals surface area contributed by atoms with Crippen LogP contribution in [0.4, 0.5) is 18.0 Å². The normalized spacial score (nSPS) is 14.0. The van der Waals surface area contributed by atoms with Gasteiger partial charge < -0.3 is 15.0 Å². The first-order chi connectivity index (χ1) is 11.1. The Balaban J connectivity index is 2.55. The van der Waals surface area contributed by atoms with Crippen molar-refractivity contribution in [3.63, 3.8) is 0 Å². The fourth-order valence-corrected chi connectivity index (χ4v) is 2.08. The van der Waals surface area contributed by atoms with Crippen LogP contribution >= 0.6 is 0 Å². The van der Waals surface area contributed by atoms with Gasteiger partial charge in [-0.15, -0.1) is 0 Å². The third kappa shape index (κ3) is 7.10. The van der Waals surface area contributed by atoms with Gasteiger partial charge in [0.15, 0.2) is 6.61 Å². The fourth-order valence-electron chi connectivity index (χ4n) is 2.08. The number of amides is 2. The second kappa shape index (κ2) is 8.80. The first kappa shape index (κ1) is 20.1. The Kier molecular flexibility index (Phi) is 7.38. The van der Waals surface area contributed by atoms with Gasteiger partial charge in [-0.3, -0.25) is 0 Å². The molecular formula is C17H25F3N2O2. The summed E-state index contributed by atoms with van der Waals surface area (Å²) >= 11 is 0. The first-order valence-corrected chi connectivity index (χ1v) is 7.93. The number of halogens is 3. The molecule has 0 fully saturated rings. The van der Waals surface area contributed by atoms with E-state index in [1.54, 1.807) is 24.1 Å². The average molecular weight is 346 g/mol. The molecule has 24 heavy (non-hydrogen) atoms. The van der Waals surface area contributed by atoms with Crippen molar-refractivity contribution < 1.29 is 22.7 Å². The summed E-state index contributed by atoms with van der Waals surface area (Å²) in [6.07, 6.45) is -3.37. The van der Waals surface area contributed by atoms with Gasteiger partial charge in [0.05, 0.1) is 6.04 Å².